The first-order valence-electron chi connectivity index (χ1n) is 21.2. The molecule has 0 spiro atoms. The number of halogens is 8. The fraction of sp³-hybridized carbons (Fsp3) is 0.245. The third-order valence-electron chi connectivity index (χ3n) is 12.1. The van der Waals surface area contributed by atoms with E-state index in [0.29, 0.717) is 23.3 Å². The highest BCUT2D eigenvalue weighted by Crippen LogP contribution is 2.45. The molecule has 0 aliphatic carbocycles. The average molecular weight is 983 g/mol. The molecule has 6 aromatic carbocycles. The van der Waals surface area contributed by atoms with Crippen molar-refractivity contribution in [1.82, 2.24) is 0 Å². The summed E-state index contributed by atoms with van der Waals surface area (Å²) in [6.45, 7) is -0.189. The van der Waals surface area contributed by atoms with Gasteiger partial charge < -0.3 is 19.6 Å². The highest BCUT2D eigenvalue weighted by Gasteiger charge is 2.38. The van der Waals surface area contributed by atoms with Crippen LogP contribution < -0.4 is 19.6 Å². The fourth-order valence-corrected chi connectivity index (χ4v) is 10.7. The van der Waals surface area contributed by atoms with E-state index in [0.717, 1.165) is 36.8 Å². The van der Waals surface area contributed by atoms with E-state index in [1.54, 1.807) is 70.5 Å². The molecule has 0 unspecified atom stereocenters. The Balaban J connectivity index is 1.30. The van der Waals surface area contributed by atoms with Crippen LogP contribution in [0.4, 0.5) is 57.9 Å². The van der Waals surface area contributed by atoms with Crippen molar-refractivity contribution in [3.05, 3.63) is 155 Å². The molecule has 2 heterocycles. The molecule has 0 radical (unpaired) electrons. The van der Waals surface area contributed by atoms with Gasteiger partial charge in [-0.2, -0.15) is 26.3 Å². The van der Waals surface area contributed by atoms with Crippen LogP contribution in [0.15, 0.2) is 131 Å². The van der Waals surface area contributed by atoms with Gasteiger partial charge in [-0.25, -0.2) is 25.6 Å². The van der Waals surface area contributed by atoms with Crippen LogP contribution in [0.5, 0.6) is 0 Å². The number of carbonyl (C=O) groups excluding carboxylic acids is 1. The number of sulfone groups is 2. The minimum absolute atomic E-state index is 0.0113. The first-order valence-corrected chi connectivity index (χ1v) is 24.9. The Hall–Kier alpha value is -6.47. The standard InChI is InChI=1S/C49H42F8N4O5S2/c1-67(63,64)41-19-15-35(31-9-5-3-6-10-31)43(45(41)60-25-21-58(22-26-60)39-17-13-33(29-37(39)50)48(52,53)54)47(62)44-36(32-11-7-4-8-12-32)16-20-42(68(2,65)66)46(44)61-27-23-59(24-28-61)40-18-14-34(30-38(40)51)49(55,56)57/h3-20,29-30H,21-28H2,1-2H3. The maximum Gasteiger partial charge on any atom is 0.416 e. The topological polar surface area (TPSA) is 98.3 Å². The normalized spacial score (nSPS) is 15.2. The zero-order valence-electron chi connectivity index (χ0n) is 36.4. The Labute approximate surface area is 387 Å². The summed E-state index contributed by atoms with van der Waals surface area (Å²) in [7, 11) is -8.32. The van der Waals surface area contributed by atoms with Crippen LogP contribution >= 0.6 is 0 Å². The van der Waals surface area contributed by atoms with Crippen molar-refractivity contribution in [2.45, 2.75) is 22.1 Å². The molecule has 8 rings (SSSR count). The van der Waals surface area contributed by atoms with E-state index in [1.807, 2.05) is 0 Å². The third kappa shape index (κ3) is 9.63. The number of hydrogen-bond donors (Lipinski definition) is 0. The maximum absolute atomic E-state index is 16.3. The summed E-state index contributed by atoms with van der Waals surface area (Å²) in [6, 6.07) is 27.4. The molecule has 9 nitrogen and oxygen atoms in total. The zero-order chi connectivity index (χ0) is 48.9. The highest BCUT2D eigenvalue weighted by molar-refractivity contribution is 7.91. The van der Waals surface area contributed by atoms with E-state index in [-0.39, 0.29) is 107 Å². The van der Waals surface area contributed by atoms with Gasteiger partial charge in [0.1, 0.15) is 11.6 Å². The molecule has 356 valence electrons. The first kappa shape index (κ1) is 48.0. The SMILES string of the molecule is CS(=O)(=O)c1ccc(-c2ccccc2)c(C(=O)c2c(-c3ccccc3)ccc(S(C)(=O)=O)c2N2CCN(c3ccc(C(F)(F)F)cc3F)CC2)c1N1CCN(c2ccc(C(F)(F)F)cc2F)CC1. The van der Waals surface area contributed by atoms with Gasteiger partial charge in [-0.05, 0) is 70.8 Å². The van der Waals surface area contributed by atoms with Crippen molar-refractivity contribution in [1.29, 1.82) is 0 Å². The monoisotopic (exact) mass is 982 g/mol. The van der Waals surface area contributed by atoms with E-state index in [4.69, 9.17) is 0 Å². The molecule has 0 bridgehead atoms. The summed E-state index contributed by atoms with van der Waals surface area (Å²) < 4.78 is 167. The summed E-state index contributed by atoms with van der Waals surface area (Å²) in [4.78, 5) is 22.1. The largest absolute Gasteiger partial charge is 0.416 e. The van der Waals surface area contributed by atoms with E-state index < -0.39 is 60.6 Å². The number of carbonyl (C=O) groups is 1. The third-order valence-corrected chi connectivity index (χ3v) is 14.4. The van der Waals surface area contributed by atoms with Crippen molar-refractivity contribution in [2.75, 3.05) is 84.5 Å². The van der Waals surface area contributed by atoms with E-state index >= 15 is 13.6 Å². The van der Waals surface area contributed by atoms with Crippen LogP contribution in [0.25, 0.3) is 22.3 Å². The van der Waals surface area contributed by atoms with Crippen LogP contribution in [-0.2, 0) is 32.0 Å². The van der Waals surface area contributed by atoms with Crippen LogP contribution in [0.3, 0.4) is 0 Å². The number of alkyl halides is 6. The number of rotatable bonds is 10. The van der Waals surface area contributed by atoms with Crippen LogP contribution in [0, 0.1) is 11.6 Å². The second-order valence-electron chi connectivity index (χ2n) is 16.6. The van der Waals surface area contributed by atoms with Gasteiger partial charge in [0.25, 0.3) is 0 Å². The van der Waals surface area contributed by atoms with Crippen molar-refractivity contribution in [2.24, 2.45) is 0 Å². The lowest BCUT2D eigenvalue weighted by Gasteiger charge is -2.40. The Bertz CT molecular complexity index is 2910. The molecule has 68 heavy (non-hydrogen) atoms. The Morgan fingerprint density at radius 1 is 0.456 bits per heavy atom. The molecule has 2 saturated heterocycles. The van der Waals surface area contributed by atoms with Gasteiger partial charge in [0.2, 0.25) is 0 Å². The van der Waals surface area contributed by atoms with Crippen LogP contribution in [-0.4, -0.2) is 87.5 Å². The molecular weight excluding hydrogens is 941 g/mol. The van der Waals surface area contributed by atoms with Gasteiger partial charge in [-0.3, -0.25) is 4.79 Å². The van der Waals surface area contributed by atoms with Gasteiger partial charge in [0, 0.05) is 64.9 Å². The molecule has 2 aliphatic heterocycles. The molecule has 0 amide bonds. The van der Waals surface area contributed by atoms with Gasteiger partial charge >= 0.3 is 12.4 Å². The molecule has 0 N–H and O–H groups in total. The quantitative estimate of drug-likeness (QED) is 0.0982. The average Bonchev–Trinajstić information content (AvgIpc) is 3.30. The lowest BCUT2D eigenvalue weighted by Crippen LogP contribution is -2.48. The smallest absolute Gasteiger partial charge is 0.366 e. The van der Waals surface area contributed by atoms with Gasteiger partial charge in [-0.1, -0.05) is 72.8 Å². The number of nitrogens with zero attached hydrogens (tertiary/aromatic N) is 4. The van der Waals surface area contributed by atoms with Crippen molar-refractivity contribution >= 4 is 48.2 Å². The lowest BCUT2D eigenvalue weighted by atomic mass is 9.87. The minimum atomic E-state index is -4.78. The molecule has 2 fully saturated rings. The summed E-state index contributed by atoms with van der Waals surface area (Å²) in [5.74, 6) is -2.98. The molecule has 0 aromatic heterocycles. The number of anilines is 4. The predicted octanol–water partition coefficient (Wildman–Crippen LogP) is 10.0. The molecule has 2 aliphatic rings. The van der Waals surface area contributed by atoms with Crippen molar-refractivity contribution in [3.8, 4) is 22.3 Å². The number of piperazine rings is 2. The fourth-order valence-electron chi connectivity index (χ4n) is 8.89. The van der Waals surface area contributed by atoms with Gasteiger partial charge in [-0.15, -0.1) is 0 Å². The van der Waals surface area contributed by atoms with E-state index in [1.165, 1.54) is 34.1 Å². The van der Waals surface area contributed by atoms with Crippen LogP contribution in [0.1, 0.15) is 27.0 Å². The van der Waals surface area contributed by atoms with Gasteiger partial charge in [0.05, 0.1) is 54.8 Å². The number of hydrogen-bond acceptors (Lipinski definition) is 9. The summed E-state index contributed by atoms with van der Waals surface area (Å²) >= 11 is 0. The zero-order valence-corrected chi connectivity index (χ0v) is 38.0. The van der Waals surface area contributed by atoms with Crippen LogP contribution in [0.2, 0.25) is 0 Å². The predicted molar refractivity (Wildman–Crippen MR) is 245 cm³/mol. The molecular formula is C49H42F8N4O5S2. The maximum atomic E-state index is 16.3. The second-order valence-corrected chi connectivity index (χ2v) is 20.5. The Morgan fingerprint density at radius 3 is 1.07 bits per heavy atom. The Morgan fingerprint density at radius 2 is 0.779 bits per heavy atom. The lowest BCUT2D eigenvalue weighted by molar-refractivity contribution is -0.138. The van der Waals surface area contributed by atoms with E-state index in [2.05, 4.69) is 0 Å². The van der Waals surface area contributed by atoms with E-state index in [9.17, 15) is 43.2 Å². The minimum Gasteiger partial charge on any atom is -0.366 e. The molecule has 0 atom stereocenters. The summed E-state index contributed by atoms with van der Waals surface area (Å²) in [6.07, 6.45) is -7.62. The number of ketones is 1. The number of benzene rings is 6. The molecule has 19 heteroatoms. The second kappa shape index (κ2) is 18.2. The van der Waals surface area contributed by atoms with Gasteiger partial charge in [0.15, 0.2) is 25.5 Å². The Kier molecular flexibility index (Phi) is 12.9. The summed E-state index contributed by atoms with van der Waals surface area (Å²) in [5, 5.41) is 0. The first-order chi connectivity index (χ1) is 32.0. The molecule has 6 aromatic rings. The molecule has 0 saturated carbocycles. The highest BCUT2D eigenvalue weighted by atomic mass is 32.2. The van der Waals surface area contributed by atoms with Crippen molar-refractivity contribution in [3.63, 3.8) is 0 Å². The summed E-state index contributed by atoms with van der Waals surface area (Å²) in [5.41, 5.74) is -1.25. The van der Waals surface area contributed by atoms with Crippen molar-refractivity contribution < 1.29 is 56.8 Å².